The van der Waals surface area contributed by atoms with Crippen LogP contribution in [-0.4, -0.2) is 11.2 Å². The van der Waals surface area contributed by atoms with Crippen LogP contribution in [0.15, 0.2) is 60.7 Å². The second-order valence-corrected chi connectivity index (χ2v) is 4.19. The lowest BCUT2D eigenvalue weighted by Crippen LogP contribution is -2.28. The number of aliphatic hydroxyl groups is 1. The van der Waals surface area contributed by atoms with E-state index in [0.717, 1.165) is 11.1 Å². The van der Waals surface area contributed by atoms with Gasteiger partial charge in [-0.1, -0.05) is 60.7 Å². The summed E-state index contributed by atoms with van der Waals surface area (Å²) >= 11 is 0. The monoisotopic (exact) mass is 227 g/mol. The summed E-state index contributed by atoms with van der Waals surface area (Å²) in [6.07, 6.45) is 0.0245. The minimum atomic E-state index is -0.556. The van der Waals surface area contributed by atoms with Gasteiger partial charge in [-0.3, -0.25) is 0 Å². The van der Waals surface area contributed by atoms with E-state index in [1.54, 1.807) is 0 Å². The van der Waals surface area contributed by atoms with E-state index in [9.17, 15) is 5.11 Å². The Labute approximate surface area is 102 Å². The van der Waals surface area contributed by atoms with E-state index in [-0.39, 0.29) is 6.04 Å². The van der Waals surface area contributed by atoms with Crippen molar-refractivity contribution in [2.24, 2.45) is 5.73 Å². The van der Waals surface area contributed by atoms with Gasteiger partial charge < -0.3 is 10.8 Å². The van der Waals surface area contributed by atoms with Gasteiger partial charge in [0.15, 0.2) is 0 Å². The molecule has 0 aliphatic carbocycles. The number of nitrogens with two attached hydrogens (primary N) is 1. The Morgan fingerprint density at radius 2 is 1.41 bits per heavy atom. The Bertz CT molecular complexity index is 441. The largest absolute Gasteiger partial charge is 0.391 e. The molecule has 0 spiro atoms. The number of hydrogen-bond acceptors (Lipinski definition) is 2. The maximum atomic E-state index is 10.1. The summed E-state index contributed by atoms with van der Waals surface area (Å²) in [5, 5.41) is 10.1. The highest BCUT2D eigenvalue weighted by Crippen LogP contribution is 2.17. The van der Waals surface area contributed by atoms with E-state index < -0.39 is 6.10 Å². The summed E-state index contributed by atoms with van der Waals surface area (Å²) in [5.41, 5.74) is 8.11. The zero-order valence-electron chi connectivity index (χ0n) is 9.66. The molecule has 2 aromatic carbocycles. The molecule has 2 aromatic rings. The lowest BCUT2D eigenvalue weighted by atomic mass is 9.97. The second-order valence-electron chi connectivity index (χ2n) is 4.19. The van der Waals surface area contributed by atoms with Crippen LogP contribution in [0.1, 0.15) is 17.2 Å². The quantitative estimate of drug-likeness (QED) is 0.841. The normalized spacial score (nSPS) is 14.2. The molecule has 0 amide bonds. The predicted molar refractivity (Wildman–Crippen MR) is 69.5 cm³/mol. The fourth-order valence-electron chi connectivity index (χ4n) is 1.88. The number of benzene rings is 2. The lowest BCUT2D eigenvalue weighted by Gasteiger charge is -2.19. The molecule has 2 rings (SSSR count). The second kappa shape index (κ2) is 5.62. The molecule has 88 valence electrons. The molecule has 0 saturated carbocycles. The van der Waals surface area contributed by atoms with E-state index in [1.165, 1.54) is 0 Å². The van der Waals surface area contributed by atoms with Crippen molar-refractivity contribution in [2.75, 3.05) is 0 Å². The minimum absolute atomic E-state index is 0.337. The van der Waals surface area contributed by atoms with Crippen LogP contribution in [0.25, 0.3) is 0 Å². The standard InChI is InChI=1S/C15H17NO/c16-15(13-9-5-2-6-10-13)14(17)11-12-7-3-1-4-8-12/h1-10,14-15,17H,11,16H2. The van der Waals surface area contributed by atoms with Gasteiger partial charge in [0.2, 0.25) is 0 Å². The number of hydrogen-bond donors (Lipinski definition) is 2. The van der Waals surface area contributed by atoms with Crippen molar-refractivity contribution in [1.29, 1.82) is 0 Å². The Hall–Kier alpha value is -1.64. The first-order chi connectivity index (χ1) is 8.27. The molecule has 0 aromatic heterocycles. The molecule has 0 aliphatic rings. The molecule has 2 atom stereocenters. The highest BCUT2D eigenvalue weighted by molar-refractivity contribution is 5.21. The Kier molecular flexibility index (Phi) is 3.91. The van der Waals surface area contributed by atoms with E-state index in [2.05, 4.69) is 0 Å². The number of rotatable bonds is 4. The van der Waals surface area contributed by atoms with Gasteiger partial charge in [-0.2, -0.15) is 0 Å². The van der Waals surface area contributed by atoms with Crippen molar-refractivity contribution < 1.29 is 5.11 Å². The first-order valence-electron chi connectivity index (χ1n) is 5.80. The van der Waals surface area contributed by atoms with Crippen molar-refractivity contribution in [3.05, 3.63) is 71.8 Å². The first-order valence-corrected chi connectivity index (χ1v) is 5.80. The Morgan fingerprint density at radius 1 is 0.882 bits per heavy atom. The summed E-state index contributed by atoms with van der Waals surface area (Å²) in [4.78, 5) is 0. The molecule has 2 heteroatoms. The molecule has 2 unspecified atom stereocenters. The molecule has 0 fully saturated rings. The van der Waals surface area contributed by atoms with Crippen LogP contribution in [0.3, 0.4) is 0 Å². The minimum Gasteiger partial charge on any atom is -0.391 e. The third-order valence-electron chi connectivity index (χ3n) is 2.89. The van der Waals surface area contributed by atoms with Crippen LogP contribution in [0.4, 0.5) is 0 Å². The van der Waals surface area contributed by atoms with Gasteiger partial charge in [-0.05, 0) is 11.1 Å². The van der Waals surface area contributed by atoms with Gasteiger partial charge >= 0.3 is 0 Å². The van der Waals surface area contributed by atoms with Crippen molar-refractivity contribution in [3.8, 4) is 0 Å². The molecular weight excluding hydrogens is 210 g/mol. The summed E-state index contributed by atoms with van der Waals surface area (Å²) in [5.74, 6) is 0. The van der Waals surface area contributed by atoms with Gasteiger partial charge in [0.25, 0.3) is 0 Å². The van der Waals surface area contributed by atoms with Gasteiger partial charge in [0.1, 0.15) is 0 Å². The zero-order valence-corrected chi connectivity index (χ0v) is 9.66. The lowest BCUT2D eigenvalue weighted by molar-refractivity contribution is 0.145. The van der Waals surface area contributed by atoms with Crippen LogP contribution >= 0.6 is 0 Å². The van der Waals surface area contributed by atoms with Crippen LogP contribution in [0.5, 0.6) is 0 Å². The van der Waals surface area contributed by atoms with Crippen molar-refractivity contribution >= 4 is 0 Å². The number of aliphatic hydroxyl groups excluding tert-OH is 1. The molecule has 2 nitrogen and oxygen atoms in total. The molecule has 0 bridgehead atoms. The van der Waals surface area contributed by atoms with E-state index >= 15 is 0 Å². The average Bonchev–Trinajstić information content (AvgIpc) is 2.40. The van der Waals surface area contributed by atoms with Crippen LogP contribution < -0.4 is 5.73 Å². The maximum absolute atomic E-state index is 10.1. The highest BCUT2D eigenvalue weighted by atomic mass is 16.3. The van der Waals surface area contributed by atoms with Gasteiger partial charge in [-0.25, -0.2) is 0 Å². The Balaban J connectivity index is 2.03. The SMILES string of the molecule is NC(c1ccccc1)C(O)Cc1ccccc1. The highest BCUT2D eigenvalue weighted by Gasteiger charge is 2.16. The zero-order chi connectivity index (χ0) is 12.1. The average molecular weight is 227 g/mol. The van der Waals surface area contributed by atoms with E-state index in [0.29, 0.717) is 6.42 Å². The molecule has 0 heterocycles. The molecular formula is C15H17NO. The molecule has 17 heavy (non-hydrogen) atoms. The summed E-state index contributed by atoms with van der Waals surface area (Å²) in [6, 6.07) is 19.3. The predicted octanol–water partition coefficient (Wildman–Crippen LogP) is 2.29. The van der Waals surface area contributed by atoms with Crippen molar-refractivity contribution in [3.63, 3.8) is 0 Å². The first kappa shape index (κ1) is 11.8. The molecule has 0 saturated heterocycles. The van der Waals surface area contributed by atoms with Gasteiger partial charge in [-0.15, -0.1) is 0 Å². The third kappa shape index (κ3) is 3.16. The van der Waals surface area contributed by atoms with Crippen LogP contribution in [0.2, 0.25) is 0 Å². The summed E-state index contributed by atoms with van der Waals surface area (Å²) < 4.78 is 0. The van der Waals surface area contributed by atoms with Crippen LogP contribution in [0, 0.1) is 0 Å². The summed E-state index contributed by atoms with van der Waals surface area (Å²) in [7, 11) is 0. The van der Waals surface area contributed by atoms with Gasteiger partial charge in [0, 0.05) is 6.42 Å². The van der Waals surface area contributed by atoms with E-state index in [1.807, 2.05) is 60.7 Å². The smallest absolute Gasteiger partial charge is 0.0773 e. The van der Waals surface area contributed by atoms with E-state index in [4.69, 9.17) is 5.73 Å². The third-order valence-corrected chi connectivity index (χ3v) is 2.89. The summed E-state index contributed by atoms with van der Waals surface area (Å²) in [6.45, 7) is 0. The molecule has 0 aliphatic heterocycles. The van der Waals surface area contributed by atoms with Crippen molar-refractivity contribution in [2.45, 2.75) is 18.6 Å². The topological polar surface area (TPSA) is 46.2 Å². The van der Waals surface area contributed by atoms with Crippen molar-refractivity contribution in [1.82, 2.24) is 0 Å². The fraction of sp³-hybridized carbons (Fsp3) is 0.200. The Morgan fingerprint density at radius 3 is 2.00 bits per heavy atom. The maximum Gasteiger partial charge on any atom is 0.0773 e. The fourth-order valence-corrected chi connectivity index (χ4v) is 1.88. The molecule has 0 radical (unpaired) electrons. The van der Waals surface area contributed by atoms with Crippen LogP contribution in [-0.2, 0) is 6.42 Å². The molecule has 3 N–H and O–H groups in total. The van der Waals surface area contributed by atoms with Gasteiger partial charge in [0.05, 0.1) is 12.1 Å².